The third kappa shape index (κ3) is 4.84. The number of hydrogen-bond acceptors (Lipinski definition) is 4. The second-order valence-electron chi connectivity index (χ2n) is 7.10. The molecule has 1 amide bonds. The van der Waals surface area contributed by atoms with Crippen LogP contribution in [0.15, 0.2) is 16.5 Å². The van der Waals surface area contributed by atoms with Gasteiger partial charge in [0.1, 0.15) is 11.5 Å². The predicted molar refractivity (Wildman–Crippen MR) is 92.4 cm³/mol. The third-order valence-corrected chi connectivity index (χ3v) is 5.43. The van der Waals surface area contributed by atoms with Crippen molar-refractivity contribution in [1.29, 1.82) is 0 Å². The lowest BCUT2D eigenvalue weighted by Gasteiger charge is -2.26. The Balaban J connectivity index is 1.41. The number of nitrogens with one attached hydrogen (secondary N) is 1. The normalized spacial score (nSPS) is 25.5. The summed E-state index contributed by atoms with van der Waals surface area (Å²) in [5.41, 5.74) is 0. The summed E-state index contributed by atoms with van der Waals surface area (Å²) in [5, 5.41) is 3.05. The van der Waals surface area contributed by atoms with Gasteiger partial charge >= 0.3 is 0 Å². The number of carbonyl (C=O) groups excluding carboxylic acids is 1. The fourth-order valence-electron chi connectivity index (χ4n) is 3.73. The van der Waals surface area contributed by atoms with Crippen LogP contribution in [0.25, 0.3) is 0 Å². The van der Waals surface area contributed by atoms with Crippen LogP contribution < -0.4 is 5.32 Å². The quantitative estimate of drug-likeness (QED) is 0.869. The largest absolute Gasteiger partial charge is 0.463 e. The van der Waals surface area contributed by atoms with Crippen molar-refractivity contribution >= 4 is 5.91 Å². The van der Waals surface area contributed by atoms with Crippen molar-refractivity contribution in [3.63, 3.8) is 0 Å². The first-order chi connectivity index (χ1) is 11.7. The summed E-state index contributed by atoms with van der Waals surface area (Å²) in [6.07, 6.45) is 5.69. The van der Waals surface area contributed by atoms with Crippen LogP contribution in [0.5, 0.6) is 0 Å². The van der Waals surface area contributed by atoms with Gasteiger partial charge in [-0.3, -0.25) is 9.69 Å². The lowest BCUT2D eigenvalue weighted by molar-refractivity contribution is -0.126. The van der Waals surface area contributed by atoms with Crippen molar-refractivity contribution in [2.24, 2.45) is 11.8 Å². The molecular weight excluding hydrogens is 304 g/mol. The van der Waals surface area contributed by atoms with Crippen LogP contribution in [-0.2, 0) is 22.6 Å². The molecule has 5 nitrogen and oxygen atoms in total. The van der Waals surface area contributed by atoms with Gasteiger partial charge in [0, 0.05) is 19.0 Å². The molecule has 24 heavy (non-hydrogen) atoms. The number of nitrogens with zero attached hydrogens (tertiary/aromatic N) is 1. The van der Waals surface area contributed by atoms with Crippen molar-refractivity contribution in [3.8, 4) is 0 Å². The van der Waals surface area contributed by atoms with Gasteiger partial charge in [0.15, 0.2) is 0 Å². The minimum absolute atomic E-state index is 0.190. The maximum Gasteiger partial charge on any atom is 0.223 e. The van der Waals surface area contributed by atoms with E-state index < -0.39 is 0 Å². The molecule has 1 aromatic rings. The van der Waals surface area contributed by atoms with Gasteiger partial charge in [0.05, 0.1) is 26.3 Å². The molecule has 2 heterocycles. The molecule has 1 aliphatic carbocycles. The molecule has 3 rings (SSSR count). The SMILES string of the molecule is CCC1CCC(C(=O)NCc2ccc(CN3CCOCC3)o2)CC1. The molecule has 1 aliphatic heterocycles. The predicted octanol–water partition coefficient (Wildman–Crippen LogP) is 2.94. The van der Waals surface area contributed by atoms with E-state index in [-0.39, 0.29) is 11.8 Å². The van der Waals surface area contributed by atoms with Gasteiger partial charge in [-0.15, -0.1) is 0 Å². The van der Waals surface area contributed by atoms with E-state index >= 15 is 0 Å². The van der Waals surface area contributed by atoms with E-state index in [2.05, 4.69) is 17.1 Å². The number of rotatable bonds is 6. The van der Waals surface area contributed by atoms with Crippen molar-refractivity contribution < 1.29 is 13.9 Å². The van der Waals surface area contributed by atoms with E-state index in [0.29, 0.717) is 6.54 Å². The third-order valence-electron chi connectivity index (χ3n) is 5.43. The molecule has 1 aromatic heterocycles. The maximum atomic E-state index is 12.3. The molecule has 0 atom stereocenters. The molecule has 0 radical (unpaired) electrons. The second kappa shape index (κ2) is 8.67. The molecule has 1 N–H and O–H groups in total. The van der Waals surface area contributed by atoms with Gasteiger partial charge < -0.3 is 14.5 Å². The van der Waals surface area contributed by atoms with Gasteiger partial charge in [-0.25, -0.2) is 0 Å². The molecule has 1 saturated carbocycles. The molecule has 2 aliphatic rings. The van der Waals surface area contributed by atoms with Gasteiger partial charge in [-0.1, -0.05) is 13.3 Å². The van der Waals surface area contributed by atoms with E-state index in [0.717, 1.165) is 63.1 Å². The van der Waals surface area contributed by atoms with Crippen LogP contribution >= 0.6 is 0 Å². The first-order valence-electron chi connectivity index (χ1n) is 9.40. The van der Waals surface area contributed by atoms with Crippen molar-refractivity contribution in [2.45, 2.75) is 52.1 Å². The first kappa shape index (κ1) is 17.5. The van der Waals surface area contributed by atoms with Gasteiger partial charge in [-0.05, 0) is 43.7 Å². The zero-order valence-corrected chi connectivity index (χ0v) is 14.8. The summed E-state index contributed by atoms with van der Waals surface area (Å²) in [6.45, 7) is 7.05. The Labute approximate surface area is 144 Å². The van der Waals surface area contributed by atoms with E-state index in [4.69, 9.17) is 9.15 Å². The van der Waals surface area contributed by atoms with Crippen molar-refractivity contribution in [3.05, 3.63) is 23.7 Å². The standard InChI is InChI=1S/C19H30N2O3/c1-2-15-3-5-16(6-4-15)19(22)20-13-17-7-8-18(24-17)14-21-9-11-23-12-10-21/h7-8,15-16H,2-6,9-14H2,1H3,(H,20,22). The summed E-state index contributed by atoms with van der Waals surface area (Å²) >= 11 is 0. The summed E-state index contributed by atoms with van der Waals surface area (Å²) in [7, 11) is 0. The van der Waals surface area contributed by atoms with Gasteiger partial charge in [0.2, 0.25) is 5.91 Å². The number of amides is 1. The zero-order chi connectivity index (χ0) is 16.8. The Hall–Kier alpha value is -1.33. The van der Waals surface area contributed by atoms with Crippen LogP contribution in [-0.4, -0.2) is 37.1 Å². The van der Waals surface area contributed by atoms with E-state index in [1.807, 2.05) is 12.1 Å². The molecule has 2 fully saturated rings. The smallest absolute Gasteiger partial charge is 0.223 e. The van der Waals surface area contributed by atoms with Gasteiger partial charge in [0.25, 0.3) is 0 Å². The summed E-state index contributed by atoms with van der Waals surface area (Å²) in [6, 6.07) is 3.99. The highest BCUT2D eigenvalue weighted by Crippen LogP contribution is 2.30. The topological polar surface area (TPSA) is 54.7 Å². The van der Waals surface area contributed by atoms with Crippen LogP contribution in [0, 0.1) is 11.8 Å². The highest BCUT2D eigenvalue weighted by Gasteiger charge is 2.25. The molecule has 0 bridgehead atoms. The summed E-state index contributed by atoms with van der Waals surface area (Å²) in [5.74, 6) is 3.01. The van der Waals surface area contributed by atoms with E-state index in [9.17, 15) is 4.79 Å². The van der Waals surface area contributed by atoms with Crippen LogP contribution in [0.3, 0.4) is 0 Å². The van der Waals surface area contributed by atoms with Gasteiger partial charge in [-0.2, -0.15) is 0 Å². The highest BCUT2D eigenvalue weighted by molar-refractivity contribution is 5.78. The number of ether oxygens (including phenoxy) is 1. The average molecular weight is 334 g/mol. The molecule has 0 unspecified atom stereocenters. The average Bonchev–Trinajstić information content (AvgIpc) is 3.08. The molecule has 5 heteroatoms. The molecule has 0 aromatic carbocycles. The number of carbonyl (C=O) groups is 1. The number of furan rings is 1. The Bertz CT molecular complexity index is 514. The number of morpholine rings is 1. The Kier molecular flexibility index (Phi) is 6.32. The zero-order valence-electron chi connectivity index (χ0n) is 14.8. The highest BCUT2D eigenvalue weighted by atomic mass is 16.5. The molecule has 1 saturated heterocycles. The first-order valence-corrected chi connectivity index (χ1v) is 9.40. The van der Waals surface area contributed by atoms with Crippen molar-refractivity contribution in [2.75, 3.05) is 26.3 Å². The monoisotopic (exact) mass is 334 g/mol. The molecule has 0 spiro atoms. The van der Waals surface area contributed by atoms with E-state index in [1.165, 1.54) is 19.3 Å². The second-order valence-corrected chi connectivity index (χ2v) is 7.10. The molecular formula is C19H30N2O3. The van der Waals surface area contributed by atoms with Crippen LogP contribution in [0.1, 0.15) is 50.5 Å². The van der Waals surface area contributed by atoms with Crippen molar-refractivity contribution in [1.82, 2.24) is 10.2 Å². The minimum Gasteiger partial charge on any atom is -0.463 e. The summed E-state index contributed by atoms with van der Waals surface area (Å²) in [4.78, 5) is 14.6. The fraction of sp³-hybridized carbons (Fsp3) is 0.737. The lowest BCUT2D eigenvalue weighted by atomic mass is 9.80. The van der Waals surface area contributed by atoms with Crippen LogP contribution in [0.2, 0.25) is 0 Å². The van der Waals surface area contributed by atoms with E-state index in [1.54, 1.807) is 0 Å². The molecule has 134 valence electrons. The Morgan fingerprint density at radius 1 is 1.17 bits per heavy atom. The summed E-state index contributed by atoms with van der Waals surface area (Å²) < 4.78 is 11.2. The maximum absolute atomic E-state index is 12.3. The Morgan fingerprint density at radius 3 is 2.58 bits per heavy atom. The Morgan fingerprint density at radius 2 is 1.88 bits per heavy atom. The van der Waals surface area contributed by atoms with Crippen LogP contribution in [0.4, 0.5) is 0 Å². The number of hydrogen-bond donors (Lipinski definition) is 1. The fourth-order valence-corrected chi connectivity index (χ4v) is 3.73. The lowest BCUT2D eigenvalue weighted by Crippen LogP contribution is -2.35. The minimum atomic E-state index is 0.190.